The van der Waals surface area contributed by atoms with Crippen molar-refractivity contribution in [2.75, 3.05) is 13.2 Å². The maximum Gasteiger partial charge on any atom is 0.306 e. The molecular weight excluding hydrogens is 1020 g/mol. The Hall–Kier alpha value is -3.41. The molecule has 0 aromatic rings. The molecule has 0 spiro atoms. The number of hydrogen-bond acceptors (Lipinski definition) is 6. The van der Waals surface area contributed by atoms with Gasteiger partial charge in [-0.3, -0.25) is 14.4 Å². The summed E-state index contributed by atoms with van der Waals surface area (Å²) in [6.07, 6.45) is 95.0. The van der Waals surface area contributed by atoms with E-state index in [2.05, 4.69) is 106 Å². The number of ether oxygens (including phenoxy) is 3. The van der Waals surface area contributed by atoms with Crippen LogP contribution in [0.4, 0.5) is 0 Å². The molecule has 1 unspecified atom stereocenters. The lowest BCUT2D eigenvalue weighted by Gasteiger charge is -2.18. The molecule has 83 heavy (non-hydrogen) atoms. The molecule has 0 saturated heterocycles. The second-order valence-electron chi connectivity index (χ2n) is 24.1. The predicted octanol–water partition coefficient (Wildman–Crippen LogP) is 25.0. The Morgan fingerprint density at radius 2 is 0.470 bits per heavy atom. The maximum absolute atomic E-state index is 12.9. The van der Waals surface area contributed by atoms with Gasteiger partial charge in [-0.2, -0.15) is 0 Å². The Balaban J connectivity index is 4.11. The molecule has 6 heteroatoms. The van der Waals surface area contributed by atoms with Crippen molar-refractivity contribution in [2.24, 2.45) is 0 Å². The number of unbranched alkanes of at least 4 members (excludes halogenated alkanes) is 41. The normalized spacial score (nSPS) is 12.6. The van der Waals surface area contributed by atoms with E-state index in [1.807, 2.05) is 0 Å². The van der Waals surface area contributed by atoms with E-state index in [0.717, 1.165) is 109 Å². The topological polar surface area (TPSA) is 78.9 Å². The molecule has 0 aromatic carbocycles. The zero-order valence-corrected chi connectivity index (χ0v) is 55.2. The van der Waals surface area contributed by atoms with E-state index in [-0.39, 0.29) is 31.1 Å². The van der Waals surface area contributed by atoms with Crippen molar-refractivity contribution < 1.29 is 28.6 Å². The molecule has 0 radical (unpaired) electrons. The fourth-order valence-electron chi connectivity index (χ4n) is 10.5. The number of carbonyl (C=O) groups is 3. The van der Waals surface area contributed by atoms with Gasteiger partial charge in [0.05, 0.1) is 0 Å². The second-order valence-corrected chi connectivity index (χ2v) is 24.1. The molecular formula is C77H136O6. The minimum atomic E-state index is -0.776. The first-order chi connectivity index (χ1) is 41.0. The summed E-state index contributed by atoms with van der Waals surface area (Å²) >= 11 is 0. The summed E-state index contributed by atoms with van der Waals surface area (Å²) < 4.78 is 16.9. The zero-order valence-electron chi connectivity index (χ0n) is 55.2. The van der Waals surface area contributed by atoms with Crippen molar-refractivity contribution in [2.45, 2.75) is 374 Å². The van der Waals surface area contributed by atoms with Crippen LogP contribution >= 0.6 is 0 Å². The molecule has 0 aliphatic heterocycles. The van der Waals surface area contributed by atoms with E-state index in [9.17, 15) is 14.4 Å². The van der Waals surface area contributed by atoms with Crippen molar-refractivity contribution in [3.63, 3.8) is 0 Å². The highest BCUT2D eigenvalue weighted by molar-refractivity contribution is 5.71. The number of allylic oxidation sites excluding steroid dienone is 14. The quantitative estimate of drug-likeness (QED) is 0.0261. The Labute approximate surface area is 515 Å². The molecule has 0 fully saturated rings. The molecule has 0 rings (SSSR count). The van der Waals surface area contributed by atoms with Crippen molar-refractivity contribution >= 4 is 17.9 Å². The highest BCUT2D eigenvalue weighted by Gasteiger charge is 2.19. The van der Waals surface area contributed by atoms with Gasteiger partial charge in [0.1, 0.15) is 13.2 Å². The average Bonchev–Trinajstić information content (AvgIpc) is 3.49. The Morgan fingerprint density at radius 3 is 0.735 bits per heavy atom. The fraction of sp³-hybridized carbons (Fsp3) is 0.779. The number of carbonyl (C=O) groups excluding carboxylic acids is 3. The van der Waals surface area contributed by atoms with Gasteiger partial charge in [-0.25, -0.2) is 0 Å². The summed E-state index contributed by atoms with van der Waals surface area (Å²) in [7, 11) is 0. The van der Waals surface area contributed by atoms with E-state index in [0.29, 0.717) is 19.3 Å². The van der Waals surface area contributed by atoms with Gasteiger partial charge in [0.25, 0.3) is 0 Å². The predicted molar refractivity (Wildman–Crippen MR) is 362 cm³/mol. The molecule has 0 bridgehead atoms. The standard InChI is InChI=1S/C77H136O6/c1-4-7-10-13-16-19-21-23-25-27-29-31-33-35-37-38-39-40-41-43-44-46-48-50-52-54-56-58-61-64-67-70-76(79)82-73-74(72-81-75(78)69-66-63-60-18-15-12-9-6-3)83-77(80)71-68-65-62-59-57-55-53-51-49-47-45-42-36-34-32-30-28-26-24-22-20-17-14-11-8-5-2/h7,10,16,19,23,25,29,31,35,37,39-40,43-44,74H,4-6,8-9,11-15,17-18,20-22,24,26-28,30,32-34,36,38,41-42,45-73H2,1-3H3/b10-7-,19-16-,25-23-,31-29-,37-35-,40-39-,44-43-. The Kier molecular flexibility index (Phi) is 68.2. The van der Waals surface area contributed by atoms with E-state index < -0.39 is 6.10 Å². The largest absolute Gasteiger partial charge is 0.462 e. The van der Waals surface area contributed by atoms with E-state index in [4.69, 9.17) is 14.2 Å². The molecule has 6 nitrogen and oxygen atoms in total. The van der Waals surface area contributed by atoms with Gasteiger partial charge in [-0.1, -0.05) is 356 Å². The molecule has 0 heterocycles. The first kappa shape index (κ1) is 79.6. The second kappa shape index (κ2) is 71.1. The van der Waals surface area contributed by atoms with Crippen LogP contribution in [0, 0.1) is 0 Å². The van der Waals surface area contributed by atoms with Crippen LogP contribution in [-0.4, -0.2) is 37.2 Å². The molecule has 0 aromatic heterocycles. The third kappa shape index (κ3) is 69.3. The highest BCUT2D eigenvalue weighted by Crippen LogP contribution is 2.18. The van der Waals surface area contributed by atoms with E-state index in [1.165, 1.54) is 218 Å². The van der Waals surface area contributed by atoms with E-state index in [1.54, 1.807) is 0 Å². The average molecular weight is 1160 g/mol. The summed E-state index contributed by atoms with van der Waals surface area (Å²) in [6, 6.07) is 0. The van der Waals surface area contributed by atoms with Gasteiger partial charge in [0, 0.05) is 19.3 Å². The minimum absolute atomic E-state index is 0.0733. The van der Waals surface area contributed by atoms with Gasteiger partial charge in [-0.15, -0.1) is 0 Å². The zero-order chi connectivity index (χ0) is 59.9. The Morgan fingerprint density at radius 1 is 0.253 bits per heavy atom. The Bertz CT molecular complexity index is 1570. The monoisotopic (exact) mass is 1160 g/mol. The number of hydrogen-bond donors (Lipinski definition) is 0. The van der Waals surface area contributed by atoms with Crippen LogP contribution in [-0.2, 0) is 28.6 Å². The van der Waals surface area contributed by atoms with Crippen LogP contribution in [0.15, 0.2) is 85.1 Å². The maximum atomic E-state index is 12.9. The SMILES string of the molecule is CC/C=C\C/C=C\C/C=C\C/C=C\C/C=C\C/C=C\C/C=C\CCCCCCCCCCCC(=O)OCC(COC(=O)CCCCCCCCCC)OC(=O)CCCCCCCCCCCCCCCCCCCCCCCCCCCC. The summed E-state index contributed by atoms with van der Waals surface area (Å²) in [5.74, 6) is -0.864. The first-order valence-corrected chi connectivity index (χ1v) is 36.1. The summed E-state index contributed by atoms with van der Waals surface area (Å²) in [5, 5.41) is 0. The molecule has 480 valence electrons. The van der Waals surface area contributed by atoms with Crippen LogP contribution in [0.2, 0.25) is 0 Å². The van der Waals surface area contributed by atoms with Gasteiger partial charge in [0.15, 0.2) is 6.10 Å². The van der Waals surface area contributed by atoms with Crippen LogP contribution in [0.25, 0.3) is 0 Å². The molecule has 0 aliphatic carbocycles. The van der Waals surface area contributed by atoms with Crippen LogP contribution < -0.4 is 0 Å². The fourth-order valence-corrected chi connectivity index (χ4v) is 10.5. The summed E-state index contributed by atoms with van der Waals surface area (Å²) in [4.78, 5) is 38.3. The van der Waals surface area contributed by atoms with Crippen molar-refractivity contribution in [1.82, 2.24) is 0 Å². The third-order valence-electron chi connectivity index (χ3n) is 15.9. The van der Waals surface area contributed by atoms with Crippen molar-refractivity contribution in [1.29, 1.82) is 0 Å². The van der Waals surface area contributed by atoms with Crippen LogP contribution in [0.3, 0.4) is 0 Å². The number of esters is 3. The lowest BCUT2D eigenvalue weighted by atomic mass is 10.0. The molecule has 0 saturated carbocycles. The van der Waals surface area contributed by atoms with Crippen LogP contribution in [0.1, 0.15) is 367 Å². The minimum Gasteiger partial charge on any atom is -0.462 e. The molecule has 0 N–H and O–H groups in total. The number of rotatable bonds is 66. The summed E-state index contributed by atoms with van der Waals surface area (Å²) in [6.45, 7) is 6.54. The van der Waals surface area contributed by atoms with Gasteiger partial charge in [-0.05, 0) is 77.0 Å². The van der Waals surface area contributed by atoms with Gasteiger partial charge in [0.2, 0.25) is 0 Å². The lowest BCUT2D eigenvalue weighted by Crippen LogP contribution is -2.30. The molecule has 1 atom stereocenters. The van der Waals surface area contributed by atoms with E-state index >= 15 is 0 Å². The third-order valence-corrected chi connectivity index (χ3v) is 15.9. The first-order valence-electron chi connectivity index (χ1n) is 36.1. The van der Waals surface area contributed by atoms with Gasteiger partial charge < -0.3 is 14.2 Å². The smallest absolute Gasteiger partial charge is 0.306 e. The molecule has 0 amide bonds. The van der Waals surface area contributed by atoms with Gasteiger partial charge >= 0.3 is 17.9 Å². The van der Waals surface area contributed by atoms with Crippen LogP contribution in [0.5, 0.6) is 0 Å². The summed E-state index contributed by atoms with van der Waals surface area (Å²) in [5.41, 5.74) is 0. The van der Waals surface area contributed by atoms with Crippen molar-refractivity contribution in [3.05, 3.63) is 85.1 Å². The van der Waals surface area contributed by atoms with Crippen molar-refractivity contribution in [3.8, 4) is 0 Å². The molecule has 0 aliphatic rings. The highest BCUT2D eigenvalue weighted by atomic mass is 16.6. The lowest BCUT2D eigenvalue weighted by molar-refractivity contribution is -0.167.